The zero-order valence-electron chi connectivity index (χ0n) is 8.62. The van der Waals surface area contributed by atoms with Crippen molar-refractivity contribution in [2.75, 3.05) is 0 Å². The van der Waals surface area contributed by atoms with Crippen LogP contribution in [0.5, 0.6) is 0 Å². The third-order valence-corrected chi connectivity index (χ3v) is 2.14. The van der Waals surface area contributed by atoms with Crippen LogP contribution in [-0.2, 0) is 0 Å². The molecule has 0 bridgehead atoms. The summed E-state index contributed by atoms with van der Waals surface area (Å²) in [5.41, 5.74) is 3.65. The fourth-order valence-electron chi connectivity index (χ4n) is 1.39. The summed E-state index contributed by atoms with van der Waals surface area (Å²) in [7, 11) is 0. The minimum atomic E-state index is 1.16. The Labute approximate surface area is 85.3 Å². The van der Waals surface area contributed by atoms with Crippen LogP contribution in [0.15, 0.2) is 42.5 Å². The molecule has 0 aliphatic carbocycles. The van der Waals surface area contributed by atoms with Gasteiger partial charge in [0.15, 0.2) is 0 Å². The second-order valence-corrected chi connectivity index (χ2v) is 3.08. The molecule has 0 unspecified atom stereocenters. The smallest absolute Gasteiger partial charge is 0.0177 e. The van der Waals surface area contributed by atoms with Crippen molar-refractivity contribution in [3.05, 3.63) is 53.6 Å². The van der Waals surface area contributed by atoms with Gasteiger partial charge in [-0.3, -0.25) is 0 Å². The summed E-state index contributed by atoms with van der Waals surface area (Å²) in [5, 5.41) is 6.95. The van der Waals surface area contributed by atoms with E-state index in [2.05, 4.69) is 25.1 Å². The molecule has 1 N–H and O–H groups in total. The molecule has 1 rings (SSSR count). The van der Waals surface area contributed by atoms with Crippen molar-refractivity contribution in [3.63, 3.8) is 0 Å². The van der Waals surface area contributed by atoms with E-state index in [1.807, 2.05) is 25.1 Å². The molecule has 14 heavy (non-hydrogen) atoms. The highest BCUT2D eigenvalue weighted by molar-refractivity contribution is 5.81. The van der Waals surface area contributed by atoms with E-state index in [4.69, 9.17) is 5.41 Å². The van der Waals surface area contributed by atoms with Crippen LogP contribution in [0.3, 0.4) is 0 Å². The van der Waals surface area contributed by atoms with Gasteiger partial charge in [-0.1, -0.05) is 36.4 Å². The maximum Gasteiger partial charge on any atom is 0.0177 e. The largest absolute Gasteiger partial charge is 0.309 e. The minimum absolute atomic E-state index is 1.16. The fraction of sp³-hybridized carbons (Fsp3) is 0.154. The monoisotopic (exact) mass is 185 g/mol. The Hall–Kier alpha value is -1.63. The average Bonchev–Trinajstić information content (AvgIpc) is 2.21. The van der Waals surface area contributed by atoms with Gasteiger partial charge in [0.2, 0.25) is 0 Å². The summed E-state index contributed by atoms with van der Waals surface area (Å²) < 4.78 is 0. The number of benzene rings is 1. The van der Waals surface area contributed by atoms with Gasteiger partial charge in [-0.25, -0.2) is 0 Å². The van der Waals surface area contributed by atoms with E-state index in [1.165, 1.54) is 17.3 Å². The highest BCUT2D eigenvalue weighted by Gasteiger charge is 1.98. The van der Waals surface area contributed by atoms with E-state index in [9.17, 15) is 0 Å². The second kappa shape index (κ2) is 5.18. The summed E-state index contributed by atoms with van der Waals surface area (Å²) in [6.45, 7) is 4.10. The molecule has 0 spiro atoms. The van der Waals surface area contributed by atoms with Crippen LogP contribution < -0.4 is 0 Å². The van der Waals surface area contributed by atoms with E-state index in [0.29, 0.717) is 0 Å². The van der Waals surface area contributed by atoms with Crippen LogP contribution >= 0.6 is 0 Å². The lowest BCUT2D eigenvalue weighted by Crippen LogP contribution is -1.85. The third kappa shape index (κ3) is 2.43. The quantitative estimate of drug-likeness (QED) is 0.549. The highest BCUT2D eigenvalue weighted by atomic mass is 14.3. The van der Waals surface area contributed by atoms with E-state index in [-0.39, 0.29) is 0 Å². The summed E-state index contributed by atoms with van der Waals surface area (Å²) in [5.74, 6) is 0. The van der Waals surface area contributed by atoms with Crippen molar-refractivity contribution in [2.24, 2.45) is 0 Å². The third-order valence-electron chi connectivity index (χ3n) is 2.14. The molecule has 1 heteroatoms. The molecule has 0 amide bonds. The molecule has 0 heterocycles. The summed E-state index contributed by atoms with van der Waals surface area (Å²) in [4.78, 5) is 0. The summed E-state index contributed by atoms with van der Waals surface area (Å²) in [6.07, 6.45) is 7.04. The van der Waals surface area contributed by atoms with Crippen LogP contribution in [0.25, 0.3) is 5.57 Å². The maximum absolute atomic E-state index is 6.95. The number of nitrogens with one attached hydrogen (secondary N) is 1. The molecule has 1 nitrogen and oxygen atoms in total. The topological polar surface area (TPSA) is 23.9 Å². The summed E-state index contributed by atoms with van der Waals surface area (Å²) in [6, 6.07) is 8.26. The Balaban J connectivity index is 3.08. The van der Waals surface area contributed by atoms with Crippen molar-refractivity contribution < 1.29 is 0 Å². The first-order chi connectivity index (χ1) is 6.79. The highest BCUT2D eigenvalue weighted by Crippen LogP contribution is 2.19. The van der Waals surface area contributed by atoms with Gasteiger partial charge in [0.1, 0.15) is 0 Å². The van der Waals surface area contributed by atoms with Gasteiger partial charge in [-0.15, -0.1) is 0 Å². The van der Waals surface area contributed by atoms with E-state index < -0.39 is 0 Å². The van der Waals surface area contributed by atoms with Crippen LogP contribution in [0.1, 0.15) is 18.1 Å². The van der Waals surface area contributed by atoms with Crippen molar-refractivity contribution in [3.8, 4) is 0 Å². The Morgan fingerprint density at radius 2 is 2.00 bits per heavy atom. The number of hydrogen-bond acceptors (Lipinski definition) is 1. The molecule has 0 aliphatic rings. The first-order valence-electron chi connectivity index (χ1n) is 4.69. The van der Waals surface area contributed by atoms with Crippen molar-refractivity contribution in [1.29, 1.82) is 5.41 Å². The number of aryl methyl sites for hydroxylation is 1. The van der Waals surface area contributed by atoms with Gasteiger partial charge in [0.25, 0.3) is 0 Å². The molecule has 0 aromatic heterocycles. The zero-order valence-corrected chi connectivity index (χ0v) is 8.62. The summed E-state index contributed by atoms with van der Waals surface area (Å²) >= 11 is 0. The van der Waals surface area contributed by atoms with Gasteiger partial charge < -0.3 is 5.41 Å². The molecule has 72 valence electrons. The first kappa shape index (κ1) is 10.5. The van der Waals surface area contributed by atoms with Crippen LogP contribution in [0.2, 0.25) is 0 Å². The van der Waals surface area contributed by atoms with Crippen LogP contribution in [0.4, 0.5) is 0 Å². The van der Waals surface area contributed by atoms with Gasteiger partial charge in [0, 0.05) is 6.21 Å². The van der Waals surface area contributed by atoms with Crippen LogP contribution in [0, 0.1) is 12.3 Å². The Bertz CT molecular complexity index is 373. The predicted molar refractivity (Wildman–Crippen MR) is 62.8 cm³/mol. The number of allylic oxidation sites excluding steroid dienone is 4. The molecule has 0 radical (unpaired) electrons. The van der Waals surface area contributed by atoms with E-state index in [1.54, 1.807) is 6.08 Å². The molecule has 1 aromatic carbocycles. The number of hydrogen-bond donors (Lipinski definition) is 1. The standard InChI is InChI=1S/C13H15N/c1-3-12(8-6-10-14)13-9-5-4-7-11(13)2/h3-10,14H,1-2H3/b8-6-,12-3-,14-10?. The van der Waals surface area contributed by atoms with Crippen LogP contribution in [-0.4, -0.2) is 6.21 Å². The van der Waals surface area contributed by atoms with Gasteiger partial charge in [-0.2, -0.15) is 0 Å². The molecule has 1 aromatic rings. The normalized spacial score (nSPS) is 12.0. The molecule has 0 fully saturated rings. The molecule has 0 saturated heterocycles. The lowest BCUT2D eigenvalue weighted by Gasteiger charge is -2.05. The second-order valence-electron chi connectivity index (χ2n) is 3.08. The van der Waals surface area contributed by atoms with Crippen molar-refractivity contribution in [1.82, 2.24) is 0 Å². The van der Waals surface area contributed by atoms with Crippen molar-refractivity contribution in [2.45, 2.75) is 13.8 Å². The Morgan fingerprint density at radius 1 is 1.29 bits per heavy atom. The SMILES string of the molecule is C/C=C(/C=C\C=N)c1ccccc1C. The van der Waals surface area contributed by atoms with Gasteiger partial charge in [-0.05, 0) is 36.6 Å². The van der Waals surface area contributed by atoms with E-state index >= 15 is 0 Å². The lowest BCUT2D eigenvalue weighted by atomic mass is 10.0. The predicted octanol–water partition coefficient (Wildman–Crippen LogP) is 3.60. The number of rotatable bonds is 3. The average molecular weight is 185 g/mol. The Morgan fingerprint density at radius 3 is 2.57 bits per heavy atom. The molecular weight excluding hydrogens is 170 g/mol. The van der Waals surface area contributed by atoms with Gasteiger partial charge in [0.05, 0.1) is 0 Å². The maximum atomic E-state index is 6.95. The zero-order chi connectivity index (χ0) is 10.4. The minimum Gasteiger partial charge on any atom is -0.309 e. The first-order valence-corrected chi connectivity index (χ1v) is 4.69. The van der Waals surface area contributed by atoms with Crippen molar-refractivity contribution >= 4 is 11.8 Å². The Kier molecular flexibility index (Phi) is 3.86. The lowest BCUT2D eigenvalue weighted by molar-refractivity contribution is 1.42. The molecule has 0 saturated carbocycles. The molecule has 0 atom stereocenters. The van der Waals surface area contributed by atoms with Gasteiger partial charge >= 0.3 is 0 Å². The van der Waals surface area contributed by atoms with E-state index in [0.717, 1.165) is 5.57 Å². The molecular formula is C13H15N. The molecule has 0 aliphatic heterocycles. The fourth-order valence-corrected chi connectivity index (χ4v) is 1.39.